The number of nitrogens with one attached hydrogen (secondary N) is 1. The average Bonchev–Trinajstić information content (AvgIpc) is 2.56. The molecule has 1 aromatic heterocycles. The summed E-state index contributed by atoms with van der Waals surface area (Å²) >= 11 is 1.64. The van der Waals surface area contributed by atoms with Gasteiger partial charge in [-0.15, -0.1) is 0 Å². The highest BCUT2D eigenvalue weighted by molar-refractivity contribution is 8.01. The minimum Gasteiger partial charge on any atom is -0.331 e. The lowest BCUT2D eigenvalue weighted by Crippen LogP contribution is -1.99. The summed E-state index contributed by atoms with van der Waals surface area (Å²) in [6.07, 6.45) is 1.89. The van der Waals surface area contributed by atoms with E-state index in [2.05, 4.69) is 20.3 Å². The molecular formula is C9H7N3S. The first-order chi connectivity index (χ1) is 6.45. The largest absolute Gasteiger partial charge is 0.331 e. The van der Waals surface area contributed by atoms with Crippen molar-refractivity contribution in [1.29, 1.82) is 0 Å². The summed E-state index contributed by atoms with van der Waals surface area (Å²) < 4.78 is 2.08. The van der Waals surface area contributed by atoms with Gasteiger partial charge in [0.2, 0.25) is 5.95 Å². The molecule has 3 nitrogen and oxygen atoms in total. The summed E-state index contributed by atoms with van der Waals surface area (Å²) in [7, 11) is 0. The molecule has 0 saturated heterocycles. The van der Waals surface area contributed by atoms with Crippen molar-refractivity contribution in [3.05, 3.63) is 35.9 Å². The number of nitrogens with zero attached hydrogens (tertiary/aromatic N) is 2. The molecule has 4 heteroatoms. The fourth-order valence-corrected chi connectivity index (χ4v) is 2.11. The maximum atomic E-state index is 4.43. The summed E-state index contributed by atoms with van der Waals surface area (Å²) in [4.78, 5) is 4.43. The molecule has 1 aromatic carbocycles. The second kappa shape index (κ2) is 2.53. The van der Waals surface area contributed by atoms with Crippen LogP contribution >= 0.6 is 11.9 Å². The number of anilines is 1. The van der Waals surface area contributed by atoms with Crippen molar-refractivity contribution in [3.8, 4) is 0 Å². The van der Waals surface area contributed by atoms with Crippen LogP contribution in [-0.4, -0.2) is 8.96 Å². The third-order valence-corrected chi connectivity index (χ3v) is 2.80. The smallest absolute Gasteiger partial charge is 0.218 e. The van der Waals surface area contributed by atoms with Gasteiger partial charge in [-0.2, -0.15) is 0 Å². The predicted molar refractivity (Wildman–Crippen MR) is 55.5 cm³/mol. The molecule has 2 heterocycles. The Balaban J connectivity index is 2.37. The molecule has 0 aliphatic carbocycles. The molecule has 1 aliphatic heterocycles. The van der Waals surface area contributed by atoms with E-state index in [1.165, 1.54) is 0 Å². The summed E-state index contributed by atoms with van der Waals surface area (Å²) in [5, 5.41) is 5.10. The van der Waals surface area contributed by atoms with Crippen molar-refractivity contribution in [3.63, 3.8) is 0 Å². The molecule has 0 radical (unpaired) electrons. The molecule has 3 rings (SSSR count). The van der Waals surface area contributed by atoms with Gasteiger partial charge in [-0.05, 0) is 24.1 Å². The number of para-hydroxylation sites is 2. The van der Waals surface area contributed by atoms with E-state index in [9.17, 15) is 0 Å². The molecule has 0 atom stereocenters. The average molecular weight is 189 g/mol. The van der Waals surface area contributed by atoms with Crippen molar-refractivity contribution >= 4 is 28.9 Å². The van der Waals surface area contributed by atoms with E-state index < -0.39 is 0 Å². The second-order valence-corrected chi connectivity index (χ2v) is 3.62. The van der Waals surface area contributed by atoms with Crippen molar-refractivity contribution in [2.24, 2.45) is 0 Å². The van der Waals surface area contributed by atoms with Crippen molar-refractivity contribution < 1.29 is 0 Å². The van der Waals surface area contributed by atoms with Crippen LogP contribution < -0.4 is 5.32 Å². The second-order valence-electron chi connectivity index (χ2n) is 2.77. The molecule has 0 saturated carbocycles. The van der Waals surface area contributed by atoms with E-state index >= 15 is 0 Å². The molecule has 0 amide bonds. The monoisotopic (exact) mass is 189 g/mol. The van der Waals surface area contributed by atoms with Crippen LogP contribution in [0, 0.1) is 0 Å². The van der Waals surface area contributed by atoms with Gasteiger partial charge in [-0.1, -0.05) is 12.1 Å². The number of benzene rings is 1. The summed E-state index contributed by atoms with van der Waals surface area (Å²) in [5.41, 5.74) is 2.18. The van der Waals surface area contributed by atoms with Gasteiger partial charge in [-0.25, -0.2) is 8.96 Å². The maximum absolute atomic E-state index is 4.43. The van der Waals surface area contributed by atoms with Gasteiger partial charge >= 0.3 is 0 Å². The summed E-state index contributed by atoms with van der Waals surface area (Å²) in [5.74, 6) is 0.897. The van der Waals surface area contributed by atoms with Crippen LogP contribution in [0.4, 0.5) is 5.95 Å². The summed E-state index contributed by atoms with van der Waals surface area (Å²) in [6, 6.07) is 8.11. The maximum Gasteiger partial charge on any atom is 0.218 e. The van der Waals surface area contributed by atoms with Crippen LogP contribution in [0.3, 0.4) is 0 Å². The van der Waals surface area contributed by atoms with Gasteiger partial charge in [0.05, 0.1) is 11.0 Å². The Morgan fingerprint density at radius 2 is 2.23 bits per heavy atom. The fourth-order valence-electron chi connectivity index (χ4n) is 1.40. The lowest BCUT2D eigenvalue weighted by Gasteiger charge is -2.08. The highest BCUT2D eigenvalue weighted by Gasteiger charge is 2.10. The molecule has 1 aliphatic rings. The minimum absolute atomic E-state index is 0.897. The topological polar surface area (TPSA) is 29.9 Å². The lowest BCUT2D eigenvalue weighted by molar-refractivity contribution is 1.24. The standard InChI is InChI=1S/C9H7N3S/c1-2-4-8-7(3-1)11-9-10-5-6-13-12(8)9/h1-6H,(H,10,11). The first kappa shape index (κ1) is 7.03. The third kappa shape index (κ3) is 0.954. The van der Waals surface area contributed by atoms with Gasteiger partial charge in [0.25, 0.3) is 0 Å². The van der Waals surface area contributed by atoms with Crippen LogP contribution in [-0.2, 0) is 0 Å². The number of aromatic nitrogens is 2. The van der Waals surface area contributed by atoms with Crippen molar-refractivity contribution in [2.45, 2.75) is 0 Å². The van der Waals surface area contributed by atoms with E-state index in [1.807, 2.05) is 29.8 Å². The first-order valence-corrected chi connectivity index (χ1v) is 4.85. The van der Waals surface area contributed by atoms with E-state index in [1.54, 1.807) is 11.9 Å². The third-order valence-electron chi connectivity index (χ3n) is 1.97. The number of hydrogen-bond acceptors (Lipinski definition) is 3. The zero-order valence-electron chi connectivity index (χ0n) is 6.77. The number of rotatable bonds is 0. The Hall–Kier alpha value is -1.42. The zero-order chi connectivity index (χ0) is 8.67. The van der Waals surface area contributed by atoms with Crippen molar-refractivity contribution in [1.82, 2.24) is 8.96 Å². The van der Waals surface area contributed by atoms with Crippen LogP contribution in [0.2, 0.25) is 0 Å². The summed E-state index contributed by atoms with van der Waals surface area (Å²) in [6.45, 7) is 0. The number of imidazole rings is 1. The SMILES string of the molecule is C1=CSn2c(nc3ccccc32)N1. The van der Waals surface area contributed by atoms with Gasteiger partial charge in [0.1, 0.15) is 0 Å². The van der Waals surface area contributed by atoms with Gasteiger partial charge in [0, 0.05) is 11.6 Å². The van der Waals surface area contributed by atoms with Gasteiger partial charge in [0.15, 0.2) is 0 Å². The first-order valence-electron chi connectivity index (χ1n) is 4.01. The van der Waals surface area contributed by atoms with Gasteiger partial charge < -0.3 is 5.32 Å². The molecule has 0 bridgehead atoms. The zero-order valence-corrected chi connectivity index (χ0v) is 7.58. The molecule has 64 valence electrons. The Morgan fingerprint density at radius 3 is 3.23 bits per heavy atom. The molecular weight excluding hydrogens is 182 g/mol. The number of hydrogen-bond donors (Lipinski definition) is 1. The van der Waals surface area contributed by atoms with Crippen LogP contribution in [0.25, 0.3) is 11.0 Å². The van der Waals surface area contributed by atoms with E-state index in [0.29, 0.717) is 0 Å². The molecule has 13 heavy (non-hydrogen) atoms. The van der Waals surface area contributed by atoms with E-state index in [-0.39, 0.29) is 0 Å². The molecule has 1 N–H and O–H groups in total. The predicted octanol–water partition coefficient (Wildman–Crippen LogP) is 2.43. The van der Waals surface area contributed by atoms with Crippen LogP contribution in [0.5, 0.6) is 0 Å². The molecule has 2 aromatic rings. The lowest BCUT2D eigenvalue weighted by atomic mass is 10.3. The Kier molecular flexibility index (Phi) is 1.37. The number of fused-ring (bicyclic) bond motifs is 3. The van der Waals surface area contributed by atoms with Crippen LogP contribution in [0.1, 0.15) is 0 Å². The van der Waals surface area contributed by atoms with E-state index in [4.69, 9.17) is 0 Å². The van der Waals surface area contributed by atoms with Crippen LogP contribution in [0.15, 0.2) is 35.9 Å². The Labute approximate surface area is 79.6 Å². The molecule has 0 unspecified atom stereocenters. The quantitative estimate of drug-likeness (QED) is 0.690. The van der Waals surface area contributed by atoms with Crippen molar-refractivity contribution in [2.75, 3.05) is 5.32 Å². The highest BCUT2D eigenvalue weighted by Crippen LogP contribution is 2.27. The molecule has 0 spiro atoms. The normalized spacial score (nSPS) is 14.2. The fraction of sp³-hybridized carbons (Fsp3) is 0. The Bertz CT molecular complexity index is 487. The van der Waals surface area contributed by atoms with E-state index in [0.717, 1.165) is 17.0 Å². The molecule has 0 fully saturated rings. The van der Waals surface area contributed by atoms with Gasteiger partial charge in [-0.3, -0.25) is 0 Å². The minimum atomic E-state index is 0.897. The Morgan fingerprint density at radius 1 is 1.31 bits per heavy atom. The highest BCUT2D eigenvalue weighted by atomic mass is 32.2.